The molecule has 2 aromatic carbocycles. The molecule has 0 aliphatic carbocycles. The molecule has 0 fully saturated rings. The highest BCUT2D eigenvalue weighted by Gasteiger charge is 2.08. The molecule has 0 aliphatic heterocycles. The Balaban J connectivity index is 1.67. The van der Waals surface area contributed by atoms with Gasteiger partial charge in [0.15, 0.2) is 11.5 Å². The van der Waals surface area contributed by atoms with Crippen molar-refractivity contribution in [2.45, 2.75) is 6.42 Å². The third-order valence-corrected chi connectivity index (χ3v) is 4.46. The van der Waals surface area contributed by atoms with Gasteiger partial charge in [-0.2, -0.15) is 0 Å². The molecule has 0 saturated carbocycles. The van der Waals surface area contributed by atoms with Gasteiger partial charge in [0.25, 0.3) is 5.91 Å². The molecule has 0 atom stereocenters. The smallest absolute Gasteiger partial charge is 0.251 e. The number of carbonyl (C=O) groups excluding carboxylic acids is 1. The molecule has 0 radical (unpaired) electrons. The van der Waals surface area contributed by atoms with Crippen molar-refractivity contribution in [1.82, 2.24) is 10.3 Å². The number of hydrogen-bond donors (Lipinski definition) is 1. The van der Waals surface area contributed by atoms with Gasteiger partial charge in [-0.15, -0.1) is 0 Å². The van der Waals surface area contributed by atoms with Crippen molar-refractivity contribution in [3.05, 3.63) is 71.8 Å². The summed E-state index contributed by atoms with van der Waals surface area (Å²) in [6.45, 7) is 0.476. The molecule has 1 N–H and O–H groups in total. The number of pyridine rings is 1. The molecule has 0 unspecified atom stereocenters. The summed E-state index contributed by atoms with van der Waals surface area (Å²) in [5.74, 6) is 1.80. The van der Waals surface area contributed by atoms with E-state index in [1.165, 1.54) is 0 Å². The van der Waals surface area contributed by atoms with Crippen molar-refractivity contribution in [3.8, 4) is 28.6 Å². The first-order valence-electron chi connectivity index (χ1n) is 9.28. The van der Waals surface area contributed by atoms with Crippen LogP contribution in [-0.4, -0.2) is 38.8 Å². The lowest BCUT2D eigenvalue weighted by atomic mass is 10.1. The predicted octanol–water partition coefficient (Wildman–Crippen LogP) is 3.75. The van der Waals surface area contributed by atoms with Crippen LogP contribution in [0, 0.1) is 0 Å². The first-order chi connectivity index (χ1) is 14.1. The van der Waals surface area contributed by atoms with Crippen LogP contribution in [0.3, 0.4) is 0 Å². The van der Waals surface area contributed by atoms with Crippen molar-refractivity contribution >= 4 is 5.91 Å². The van der Waals surface area contributed by atoms with Crippen LogP contribution in [-0.2, 0) is 6.42 Å². The largest absolute Gasteiger partial charge is 0.493 e. The Bertz CT molecular complexity index is 988. The van der Waals surface area contributed by atoms with Gasteiger partial charge in [0.1, 0.15) is 0 Å². The molecule has 29 heavy (non-hydrogen) atoms. The zero-order valence-corrected chi connectivity index (χ0v) is 16.8. The number of benzene rings is 2. The number of rotatable bonds is 8. The number of aromatic nitrogens is 1. The van der Waals surface area contributed by atoms with E-state index in [2.05, 4.69) is 10.3 Å². The number of nitrogens with zero attached hydrogens (tertiary/aromatic N) is 1. The van der Waals surface area contributed by atoms with Crippen LogP contribution in [0.15, 0.2) is 60.7 Å². The molecular formula is C23H24N2O4. The van der Waals surface area contributed by atoms with Crippen LogP contribution in [0.2, 0.25) is 0 Å². The lowest BCUT2D eigenvalue weighted by Gasteiger charge is -2.11. The van der Waals surface area contributed by atoms with Crippen molar-refractivity contribution in [2.24, 2.45) is 0 Å². The molecule has 0 aliphatic rings. The second-order valence-electron chi connectivity index (χ2n) is 6.31. The SMILES string of the molecule is CNC(=O)c1cccc(-c2cccc(OCCc3ccc(OC)c(OC)c3)n2)c1. The van der Waals surface area contributed by atoms with Crippen molar-refractivity contribution < 1.29 is 19.0 Å². The Morgan fingerprint density at radius 3 is 2.52 bits per heavy atom. The summed E-state index contributed by atoms with van der Waals surface area (Å²) in [6, 6.07) is 18.8. The Kier molecular flexibility index (Phi) is 6.68. The van der Waals surface area contributed by atoms with E-state index in [4.69, 9.17) is 14.2 Å². The number of nitrogens with one attached hydrogen (secondary N) is 1. The number of carbonyl (C=O) groups is 1. The topological polar surface area (TPSA) is 69.7 Å². The Morgan fingerprint density at radius 1 is 0.966 bits per heavy atom. The summed E-state index contributed by atoms with van der Waals surface area (Å²) in [5, 5.41) is 2.63. The van der Waals surface area contributed by atoms with E-state index >= 15 is 0 Å². The molecule has 0 bridgehead atoms. The molecule has 6 heteroatoms. The van der Waals surface area contributed by atoms with E-state index in [-0.39, 0.29) is 5.91 Å². The van der Waals surface area contributed by atoms with Crippen molar-refractivity contribution in [1.29, 1.82) is 0 Å². The van der Waals surface area contributed by atoms with E-state index < -0.39 is 0 Å². The van der Waals surface area contributed by atoms with Gasteiger partial charge in [0.05, 0.1) is 26.5 Å². The molecule has 1 aromatic heterocycles. The van der Waals surface area contributed by atoms with E-state index in [1.807, 2.05) is 54.6 Å². The summed E-state index contributed by atoms with van der Waals surface area (Å²) in [7, 11) is 4.84. The fraction of sp³-hybridized carbons (Fsp3) is 0.217. The lowest BCUT2D eigenvalue weighted by Crippen LogP contribution is -2.17. The van der Waals surface area contributed by atoms with Crippen LogP contribution in [0.5, 0.6) is 17.4 Å². The van der Waals surface area contributed by atoms with E-state index in [0.29, 0.717) is 36.0 Å². The lowest BCUT2D eigenvalue weighted by molar-refractivity contribution is 0.0963. The third-order valence-electron chi connectivity index (χ3n) is 4.46. The summed E-state index contributed by atoms with van der Waals surface area (Å²) in [6.07, 6.45) is 0.707. The van der Waals surface area contributed by atoms with Crippen molar-refractivity contribution in [3.63, 3.8) is 0 Å². The van der Waals surface area contributed by atoms with Crippen LogP contribution in [0.25, 0.3) is 11.3 Å². The van der Waals surface area contributed by atoms with Gasteiger partial charge in [-0.3, -0.25) is 4.79 Å². The average molecular weight is 392 g/mol. The predicted molar refractivity (Wildman–Crippen MR) is 112 cm³/mol. The zero-order valence-electron chi connectivity index (χ0n) is 16.8. The first kappa shape index (κ1) is 20.2. The Morgan fingerprint density at radius 2 is 1.76 bits per heavy atom. The monoisotopic (exact) mass is 392 g/mol. The molecule has 0 spiro atoms. The van der Waals surface area contributed by atoms with Gasteiger partial charge in [0, 0.05) is 30.7 Å². The van der Waals surface area contributed by atoms with Gasteiger partial charge in [0.2, 0.25) is 5.88 Å². The van der Waals surface area contributed by atoms with Crippen molar-refractivity contribution in [2.75, 3.05) is 27.9 Å². The molecule has 3 rings (SSSR count). The maximum atomic E-state index is 11.9. The minimum atomic E-state index is -0.130. The summed E-state index contributed by atoms with van der Waals surface area (Å²) >= 11 is 0. The average Bonchev–Trinajstić information content (AvgIpc) is 2.78. The minimum Gasteiger partial charge on any atom is -0.493 e. The maximum absolute atomic E-state index is 11.9. The molecular weight excluding hydrogens is 368 g/mol. The van der Waals surface area contributed by atoms with Gasteiger partial charge in [-0.05, 0) is 35.9 Å². The highest BCUT2D eigenvalue weighted by atomic mass is 16.5. The van der Waals surface area contributed by atoms with Gasteiger partial charge < -0.3 is 19.5 Å². The summed E-state index contributed by atoms with van der Waals surface area (Å²) < 4.78 is 16.4. The normalized spacial score (nSPS) is 10.3. The molecule has 1 heterocycles. The molecule has 1 amide bonds. The molecule has 6 nitrogen and oxygen atoms in total. The summed E-state index contributed by atoms with van der Waals surface area (Å²) in [5.41, 5.74) is 3.28. The number of methoxy groups -OCH3 is 2. The van der Waals surface area contributed by atoms with E-state index in [1.54, 1.807) is 27.3 Å². The van der Waals surface area contributed by atoms with Gasteiger partial charge in [-0.1, -0.05) is 24.3 Å². The zero-order chi connectivity index (χ0) is 20.6. The fourth-order valence-corrected chi connectivity index (χ4v) is 2.93. The third kappa shape index (κ3) is 5.04. The maximum Gasteiger partial charge on any atom is 0.251 e. The quantitative estimate of drug-likeness (QED) is 0.632. The summed E-state index contributed by atoms with van der Waals surface area (Å²) in [4.78, 5) is 16.4. The Hall–Kier alpha value is -3.54. The highest BCUT2D eigenvalue weighted by Crippen LogP contribution is 2.28. The standard InChI is InChI=1S/C23H24N2O4/c1-24-23(26)18-7-4-6-17(15-18)19-8-5-9-22(25-19)29-13-12-16-10-11-20(27-2)21(14-16)28-3/h4-11,14-15H,12-13H2,1-3H3,(H,24,26). The van der Waals surface area contributed by atoms with Crippen LogP contribution >= 0.6 is 0 Å². The number of ether oxygens (including phenoxy) is 3. The Labute approximate surface area is 170 Å². The first-order valence-corrected chi connectivity index (χ1v) is 9.28. The second-order valence-corrected chi connectivity index (χ2v) is 6.31. The minimum absolute atomic E-state index is 0.130. The highest BCUT2D eigenvalue weighted by molar-refractivity contribution is 5.95. The molecule has 3 aromatic rings. The second kappa shape index (κ2) is 9.59. The van der Waals surface area contributed by atoms with E-state index in [9.17, 15) is 4.79 Å². The fourth-order valence-electron chi connectivity index (χ4n) is 2.93. The number of hydrogen-bond acceptors (Lipinski definition) is 5. The molecule has 150 valence electrons. The number of amides is 1. The van der Waals surface area contributed by atoms with Crippen LogP contribution in [0.4, 0.5) is 0 Å². The van der Waals surface area contributed by atoms with Gasteiger partial charge in [-0.25, -0.2) is 4.98 Å². The molecule has 0 saturated heterocycles. The van der Waals surface area contributed by atoms with Gasteiger partial charge >= 0.3 is 0 Å². The van der Waals surface area contributed by atoms with E-state index in [0.717, 1.165) is 16.8 Å². The van der Waals surface area contributed by atoms with Crippen LogP contribution < -0.4 is 19.5 Å². The van der Waals surface area contributed by atoms with Crippen LogP contribution in [0.1, 0.15) is 15.9 Å².